The molecule has 4 N–H and O–H groups in total. The van der Waals surface area contributed by atoms with E-state index in [1.165, 1.54) is 0 Å². The molecule has 2 aromatic heterocycles. The summed E-state index contributed by atoms with van der Waals surface area (Å²) in [6.07, 6.45) is 8.22. The number of likely N-dealkylation sites (N-methyl/N-ethyl adjacent to an activating group) is 2. The van der Waals surface area contributed by atoms with Gasteiger partial charge in [0.05, 0.1) is 36.5 Å². The average molecular weight is 1080 g/mol. The first kappa shape index (κ1) is 60.5. The maximum Gasteiger partial charge on any atom is 0.246 e. The number of hydrogen-bond acceptors (Lipinski definition) is 14. The summed E-state index contributed by atoms with van der Waals surface area (Å²) < 4.78 is 3.26. The molecule has 6 amide bonds. The summed E-state index contributed by atoms with van der Waals surface area (Å²) in [6, 6.07) is 16.0. The van der Waals surface area contributed by atoms with Crippen LogP contribution >= 0.6 is 0 Å². The SMILES string of the molecule is CN[C@@H](C)C(=O)N[C@H](C(=O)N1CCC[C@H]1CN(Cc1nnnn1-c1ccccc1)C(=O)CCCCCCCCC(=O)N(Cc1nnnn1-c1ccccc1)C[C@@H]1CCCN1C(=O)[C@@H](NC(=O)[C@H](C)NC)C(C)(C)C)C(C)(C)C. The van der Waals surface area contributed by atoms with Gasteiger partial charge in [-0.05, 0) is 122 Å². The molecule has 0 bridgehead atoms. The van der Waals surface area contributed by atoms with E-state index in [-0.39, 0.29) is 73.7 Å². The van der Waals surface area contributed by atoms with E-state index >= 15 is 0 Å². The summed E-state index contributed by atoms with van der Waals surface area (Å²) in [7, 11) is 3.41. The fourth-order valence-electron chi connectivity index (χ4n) is 10.1. The highest BCUT2D eigenvalue weighted by Gasteiger charge is 2.43. The minimum absolute atomic E-state index is 0.0611. The number of nitrogens with one attached hydrogen (secondary N) is 4. The summed E-state index contributed by atoms with van der Waals surface area (Å²) >= 11 is 0. The molecule has 2 aromatic carbocycles. The average Bonchev–Trinajstić information content (AvgIpc) is 4.34. The number of likely N-dealkylation sites (tertiary alicyclic amines) is 2. The Kier molecular flexibility index (Phi) is 21.9. The van der Waals surface area contributed by atoms with E-state index in [0.717, 1.165) is 49.9 Å². The van der Waals surface area contributed by atoms with Crippen molar-refractivity contribution in [3.63, 3.8) is 0 Å². The van der Waals surface area contributed by atoms with Gasteiger partial charge in [-0.3, -0.25) is 28.8 Å². The van der Waals surface area contributed by atoms with E-state index in [1.807, 2.05) is 112 Å². The van der Waals surface area contributed by atoms with Crippen LogP contribution in [0.1, 0.15) is 144 Å². The topological polar surface area (TPSA) is 251 Å². The fourth-order valence-corrected chi connectivity index (χ4v) is 10.1. The molecule has 22 nitrogen and oxygen atoms in total. The molecule has 4 aromatic rings. The summed E-state index contributed by atoms with van der Waals surface area (Å²) in [5, 5.41) is 37.0. The van der Waals surface area contributed by atoms with Crippen LogP contribution in [0.15, 0.2) is 60.7 Å². The molecular weight excluding hydrogens is 993 g/mol. The molecule has 6 rings (SSSR count). The van der Waals surface area contributed by atoms with Crippen molar-refractivity contribution >= 4 is 35.4 Å². The Morgan fingerprint density at radius 1 is 0.564 bits per heavy atom. The number of hydrogen-bond donors (Lipinski definition) is 4. The molecule has 2 aliphatic heterocycles. The Labute approximate surface area is 460 Å². The highest BCUT2D eigenvalue weighted by molar-refractivity contribution is 5.91. The van der Waals surface area contributed by atoms with Crippen molar-refractivity contribution in [1.82, 2.24) is 81.3 Å². The third kappa shape index (κ3) is 16.4. The van der Waals surface area contributed by atoms with Crippen LogP contribution < -0.4 is 21.3 Å². The maximum atomic E-state index is 14.4. The van der Waals surface area contributed by atoms with Gasteiger partial charge >= 0.3 is 0 Å². The van der Waals surface area contributed by atoms with Crippen molar-refractivity contribution < 1.29 is 28.8 Å². The van der Waals surface area contributed by atoms with Gasteiger partial charge in [-0.15, -0.1) is 10.2 Å². The molecule has 0 spiro atoms. The van der Waals surface area contributed by atoms with Crippen molar-refractivity contribution in [3.05, 3.63) is 72.3 Å². The number of nitrogens with zero attached hydrogens (tertiary/aromatic N) is 12. The third-order valence-electron chi connectivity index (χ3n) is 15.1. The highest BCUT2D eigenvalue weighted by atomic mass is 16.2. The van der Waals surface area contributed by atoms with Crippen LogP contribution in [0.5, 0.6) is 0 Å². The zero-order valence-electron chi connectivity index (χ0n) is 47.8. The van der Waals surface area contributed by atoms with E-state index in [4.69, 9.17) is 0 Å². The monoisotopic (exact) mass is 1080 g/mol. The number of aromatic nitrogens is 8. The molecule has 6 atom stereocenters. The minimum atomic E-state index is -0.764. The second kappa shape index (κ2) is 28.3. The van der Waals surface area contributed by atoms with Gasteiger partial charge in [-0.25, -0.2) is 0 Å². The van der Waals surface area contributed by atoms with Crippen LogP contribution in [0.25, 0.3) is 11.4 Å². The van der Waals surface area contributed by atoms with E-state index in [2.05, 4.69) is 52.3 Å². The second-order valence-corrected chi connectivity index (χ2v) is 23.1. The van der Waals surface area contributed by atoms with Gasteiger partial charge in [0.15, 0.2) is 11.6 Å². The Morgan fingerprint density at radius 3 is 1.27 bits per heavy atom. The third-order valence-corrected chi connectivity index (χ3v) is 15.1. The van der Waals surface area contributed by atoms with Crippen molar-refractivity contribution in [3.8, 4) is 11.4 Å². The molecule has 22 heteroatoms. The molecule has 2 saturated heterocycles. The number of carbonyl (C=O) groups is 6. The minimum Gasteiger partial charge on any atom is -0.342 e. The van der Waals surface area contributed by atoms with Crippen LogP contribution in [0.4, 0.5) is 0 Å². The number of benzene rings is 2. The molecule has 0 aliphatic carbocycles. The number of tetrazole rings is 2. The zero-order chi connectivity index (χ0) is 56.6. The quantitative estimate of drug-likeness (QED) is 0.0606. The first-order chi connectivity index (χ1) is 37.2. The van der Waals surface area contributed by atoms with Gasteiger partial charge in [0.1, 0.15) is 12.1 Å². The molecule has 0 radical (unpaired) electrons. The molecule has 0 unspecified atom stereocenters. The van der Waals surface area contributed by atoms with Crippen LogP contribution in [-0.2, 0) is 41.9 Å². The largest absolute Gasteiger partial charge is 0.342 e. The predicted octanol–water partition coefficient (Wildman–Crippen LogP) is 4.38. The normalized spacial score (nSPS) is 17.3. The molecule has 4 heterocycles. The first-order valence-corrected chi connectivity index (χ1v) is 28.0. The summed E-state index contributed by atoms with van der Waals surface area (Å²) in [5.74, 6) is 0.0336. The van der Waals surface area contributed by atoms with Gasteiger partial charge in [0, 0.05) is 51.1 Å². The Balaban J connectivity index is 1.07. The van der Waals surface area contributed by atoms with Gasteiger partial charge < -0.3 is 40.9 Å². The number of amides is 6. The smallest absolute Gasteiger partial charge is 0.246 e. The van der Waals surface area contributed by atoms with E-state index in [1.54, 1.807) is 47.1 Å². The van der Waals surface area contributed by atoms with Gasteiger partial charge in [0.2, 0.25) is 35.4 Å². The van der Waals surface area contributed by atoms with Crippen molar-refractivity contribution in [2.24, 2.45) is 10.8 Å². The molecule has 78 heavy (non-hydrogen) atoms. The zero-order valence-corrected chi connectivity index (χ0v) is 47.8. The lowest BCUT2D eigenvalue weighted by Gasteiger charge is -2.37. The summed E-state index contributed by atoms with van der Waals surface area (Å²) in [4.78, 5) is 90.8. The van der Waals surface area contributed by atoms with Crippen molar-refractivity contribution in [2.75, 3.05) is 40.3 Å². The van der Waals surface area contributed by atoms with Crippen LogP contribution in [0, 0.1) is 10.8 Å². The molecule has 2 aliphatic rings. The van der Waals surface area contributed by atoms with Gasteiger partial charge in [0.25, 0.3) is 0 Å². The lowest BCUT2D eigenvalue weighted by molar-refractivity contribution is -0.142. The second-order valence-electron chi connectivity index (χ2n) is 23.1. The van der Waals surface area contributed by atoms with E-state index < -0.39 is 35.0 Å². The molecular formula is C56H86N16O6. The fraction of sp³-hybridized carbons (Fsp3) is 0.643. The number of carbonyl (C=O) groups excluding carboxylic acids is 6. The Hall–Kier alpha value is -6.68. The van der Waals surface area contributed by atoms with Crippen molar-refractivity contribution in [2.45, 2.75) is 182 Å². The molecule has 2 fully saturated rings. The number of unbranched alkanes of at least 4 members (excludes halogenated alkanes) is 5. The van der Waals surface area contributed by atoms with Crippen LogP contribution in [0.3, 0.4) is 0 Å². The van der Waals surface area contributed by atoms with Gasteiger partial charge in [-0.2, -0.15) is 9.36 Å². The Bertz CT molecular complexity index is 2400. The standard InChI is InChI=1S/C56H86N16O6/c1-39(57-9)51(75)59-49(55(3,4)5)53(77)69-33-23-29-43(69)35-67(37-45-61-63-65-71(45)41-25-17-15-18-26-41)47(73)31-21-13-11-12-14-22-32-48(74)68(38-46-62-64-66-72(46)42-27-19-16-20-28-42)36-44-30-24-34-70(44)54(78)50(56(6,7)8)60-52(76)40(2)58-10/h15-20,25-28,39-40,43-44,49-50,57-58H,11-14,21-24,29-38H2,1-10H3,(H,59,75)(H,60,76)/t39-,40-,43-,44-,49+,50+/m0/s1. The van der Waals surface area contributed by atoms with Crippen LogP contribution in [-0.4, -0.2) is 172 Å². The first-order valence-electron chi connectivity index (χ1n) is 28.0. The van der Waals surface area contributed by atoms with E-state index in [9.17, 15) is 28.8 Å². The van der Waals surface area contributed by atoms with E-state index in [0.29, 0.717) is 63.3 Å². The number of para-hydroxylation sites is 2. The lowest BCUT2D eigenvalue weighted by Crippen LogP contribution is -2.59. The Morgan fingerprint density at radius 2 is 0.923 bits per heavy atom. The summed E-state index contributed by atoms with van der Waals surface area (Å²) in [6.45, 7) is 17.1. The number of rotatable bonds is 27. The predicted molar refractivity (Wildman–Crippen MR) is 295 cm³/mol. The highest BCUT2D eigenvalue weighted by Crippen LogP contribution is 2.29. The van der Waals surface area contributed by atoms with Crippen molar-refractivity contribution in [1.29, 1.82) is 0 Å². The van der Waals surface area contributed by atoms with Gasteiger partial charge in [-0.1, -0.05) is 104 Å². The lowest BCUT2D eigenvalue weighted by atomic mass is 9.85. The summed E-state index contributed by atoms with van der Waals surface area (Å²) in [5.41, 5.74) is 0.402. The van der Waals surface area contributed by atoms with Crippen LogP contribution in [0.2, 0.25) is 0 Å². The molecule has 0 saturated carbocycles. The molecule has 426 valence electrons. The maximum absolute atomic E-state index is 14.4.